The molecule has 37 heavy (non-hydrogen) atoms. The molecule has 2 N–H and O–H groups in total. The van der Waals surface area contributed by atoms with Gasteiger partial charge >= 0.3 is 6.36 Å². The third-order valence-corrected chi connectivity index (χ3v) is 5.65. The number of methoxy groups -OCH3 is 1. The molecule has 0 saturated carbocycles. The van der Waals surface area contributed by atoms with E-state index in [2.05, 4.69) is 35.9 Å². The van der Waals surface area contributed by atoms with Crippen molar-refractivity contribution in [1.82, 2.24) is 35.8 Å². The number of ether oxygens (including phenoxy) is 2. The van der Waals surface area contributed by atoms with Gasteiger partial charge in [0.05, 0.1) is 19.3 Å². The highest BCUT2D eigenvalue weighted by Gasteiger charge is 2.31. The average Bonchev–Trinajstić information content (AvgIpc) is 3.50. The summed E-state index contributed by atoms with van der Waals surface area (Å²) in [6.45, 7) is 0.446. The van der Waals surface area contributed by atoms with Gasteiger partial charge in [-0.2, -0.15) is 0 Å². The summed E-state index contributed by atoms with van der Waals surface area (Å²) < 4.78 is 61.4. The molecular formula is C21H23F4N7O4S. The summed E-state index contributed by atoms with van der Waals surface area (Å²) >= 11 is 1.07. The maximum absolute atomic E-state index is 14.5. The summed E-state index contributed by atoms with van der Waals surface area (Å²) in [5.41, 5.74) is 0.293. The number of rotatable bonds is 13. The van der Waals surface area contributed by atoms with Gasteiger partial charge in [-0.15, -0.1) is 28.5 Å². The van der Waals surface area contributed by atoms with Gasteiger partial charge < -0.3 is 20.1 Å². The van der Waals surface area contributed by atoms with Gasteiger partial charge in [0, 0.05) is 26.6 Å². The van der Waals surface area contributed by atoms with E-state index in [-0.39, 0.29) is 42.5 Å². The molecule has 0 saturated heterocycles. The molecule has 200 valence electrons. The van der Waals surface area contributed by atoms with Gasteiger partial charge in [0.1, 0.15) is 16.9 Å². The standard InChI is InChI=1S/C21H23F4N7O4S/c1-35-8-7-26-19(34)20-30-29-17(37-20)6-5-14(22)11-32-12-16(28-31-32)18(33)27-10-13-3-2-4-15(9-13)36-21(23,24)25/h2-4,9,12,14H,5-8,10-11H2,1H3,(H,26,34)(H,27,33). The summed E-state index contributed by atoms with van der Waals surface area (Å²) in [6, 6.07) is 5.17. The lowest BCUT2D eigenvalue weighted by Crippen LogP contribution is -2.26. The molecule has 0 fully saturated rings. The minimum Gasteiger partial charge on any atom is -0.406 e. The second-order valence-corrected chi connectivity index (χ2v) is 8.65. The number of halogens is 4. The molecule has 0 aliphatic rings. The molecule has 2 amide bonds. The molecule has 11 nitrogen and oxygen atoms in total. The zero-order valence-electron chi connectivity index (χ0n) is 19.5. The first kappa shape index (κ1) is 27.9. The number of carbonyl (C=O) groups excluding carboxylic acids is 2. The van der Waals surface area contributed by atoms with Crippen LogP contribution in [0.15, 0.2) is 30.5 Å². The Morgan fingerprint density at radius 1 is 1.16 bits per heavy atom. The Bertz CT molecular complexity index is 1190. The zero-order valence-corrected chi connectivity index (χ0v) is 20.3. The second-order valence-electron chi connectivity index (χ2n) is 7.59. The van der Waals surface area contributed by atoms with Gasteiger partial charge in [0.2, 0.25) is 5.01 Å². The van der Waals surface area contributed by atoms with E-state index in [4.69, 9.17) is 4.74 Å². The molecule has 0 aliphatic heterocycles. The number of carbonyl (C=O) groups is 2. The Labute approximate surface area is 212 Å². The minimum atomic E-state index is -4.82. The van der Waals surface area contributed by atoms with Crippen molar-refractivity contribution in [2.75, 3.05) is 20.3 Å². The first-order valence-electron chi connectivity index (χ1n) is 10.9. The van der Waals surface area contributed by atoms with Crippen LogP contribution in [0.3, 0.4) is 0 Å². The van der Waals surface area contributed by atoms with Crippen molar-refractivity contribution >= 4 is 23.2 Å². The number of amides is 2. The van der Waals surface area contributed by atoms with Crippen LogP contribution >= 0.6 is 11.3 Å². The van der Waals surface area contributed by atoms with E-state index in [0.29, 0.717) is 23.7 Å². The van der Waals surface area contributed by atoms with Crippen molar-refractivity contribution in [3.8, 4) is 5.75 Å². The Balaban J connectivity index is 1.43. The first-order valence-corrected chi connectivity index (χ1v) is 11.7. The predicted molar refractivity (Wildman–Crippen MR) is 122 cm³/mol. The van der Waals surface area contributed by atoms with E-state index < -0.39 is 24.2 Å². The predicted octanol–water partition coefficient (Wildman–Crippen LogP) is 2.31. The smallest absolute Gasteiger partial charge is 0.406 e. The molecule has 2 heterocycles. The lowest BCUT2D eigenvalue weighted by molar-refractivity contribution is -0.274. The van der Waals surface area contributed by atoms with Gasteiger partial charge in [0.15, 0.2) is 5.69 Å². The molecule has 1 aromatic carbocycles. The molecule has 1 atom stereocenters. The summed E-state index contributed by atoms with van der Waals surface area (Å²) in [5.74, 6) is -1.42. The topological polar surface area (TPSA) is 133 Å². The van der Waals surface area contributed by atoms with Gasteiger partial charge in [-0.25, -0.2) is 9.07 Å². The van der Waals surface area contributed by atoms with Crippen molar-refractivity contribution in [3.63, 3.8) is 0 Å². The summed E-state index contributed by atoms with van der Waals surface area (Å²) in [7, 11) is 1.52. The van der Waals surface area contributed by atoms with E-state index in [0.717, 1.165) is 23.5 Å². The zero-order chi connectivity index (χ0) is 26.8. The number of hydrogen-bond acceptors (Lipinski definition) is 9. The van der Waals surface area contributed by atoms with Crippen molar-refractivity contribution in [3.05, 3.63) is 51.7 Å². The van der Waals surface area contributed by atoms with Gasteiger partial charge in [-0.3, -0.25) is 9.59 Å². The number of aromatic nitrogens is 5. The van der Waals surface area contributed by atoms with Crippen molar-refractivity contribution in [2.45, 2.75) is 38.5 Å². The maximum atomic E-state index is 14.5. The monoisotopic (exact) mass is 545 g/mol. The van der Waals surface area contributed by atoms with Gasteiger partial charge in [-0.1, -0.05) is 28.7 Å². The van der Waals surface area contributed by atoms with Crippen LogP contribution in [0.4, 0.5) is 17.6 Å². The molecular weight excluding hydrogens is 522 g/mol. The fourth-order valence-corrected chi connectivity index (χ4v) is 3.75. The van der Waals surface area contributed by atoms with Crippen molar-refractivity contribution in [2.24, 2.45) is 0 Å². The van der Waals surface area contributed by atoms with E-state index >= 15 is 0 Å². The molecule has 0 bridgehead atoms. The Kier molecular flexibility index (Phi) is 9.85. The van der Waals surface area contributed by atoms with Crippen LogP contribution in [0.1, 0.15) is 37.3 Å². The molecule has 0 spiro atoms. The van der Waals surface area contributed by atoms with Crippen LogP contribution in [-0.4, -0.2) is 69.8 Å². The Morgan fingerprint density at radius 2 is 1.97 bits per heavy atom. The Morgan fingerprint density at radius 3 is 2.73 bits per heavy atom. The number of hydrogen-bond donors (Lipinski definition) is 2. The lowest BCUT2D eigenvalue weighted by Gasteiger charge is -2.10. The SMILES string of the molecule is COCCNC(=O)c1nnc(CCC(F)Cn2cc(C(=O)NCc3cccc(OC(F)(F)F)c3)nn2)s1. The highest BCUT2D eigenvalue weighted by atomic mass is 32.1. The summed E-state index contributed by atoms with van der Waals surface area (Å²) in [6.07, 6.45) is -4.56. The summed E-state index contributed by atoms with van der Waals surface area (Å²) in [5, 5.41) is 21.0. The largest absolute Gasteiger partial charge is 0.573 e. The third kappa shape index (κ3) is 9.38. The highest BCUT2D eigenvalue weighted by molar-refractivity contribution is 7.13. The average molecular weight is 546 g/mol. The van der Waals surface area contributed by atoms with E-state index in [1.165, 1.54) is 30.1 Å². The molecule has 3 aromatic rings. The third-order valence-electron chi connectivity index (χ3n) is 4.67. The number of alkyl halides is 4. The fraction of sp³-hybridized carbons (Fsp3) is 0.429. The highest BCUT2D eigenvalue weighted by Crippen LogP contribution is 2.23. The minimum absolute atomic E-state index is 0.0804. The quantitative estimate of drug-likeness (QED) is 0.247. The number of benzene rings is 1. The molecule has 3 rings (SSSR count). The van der Waals surface area contributed by atoms with Crippen LogP contribution in [0, 0.1) is 0 Å². The number of aryl methyl sites for hydroxylation is 1. The maximum Gasteiger partial charge on any atom is 0.573 e. The number of nitrogens with zero attached hydrogens (tertiary/aromatic N) is 5. The second kappa shape index (κ2) is 13.0. The molecule has 2 aromatic heterocycles. The normalized spacial score (nSPS) is 12.2. The Hall–Kier alpha value is -3.66. The van der Waals surface area contributed by atoms with E-state index in [1.807, 2.05) is 0 Å². The van der Waals surface area contributed by atoms with Crippen LogP contribution in [0.5, 0.6) is 5.75 Å². The molecule has 1 unspecified atom stereocenters. The molecule has 0 aliphatic carbocycles. The van der Waals surface area contributed by atoms with Crippen molar-refractivity contribution in [1.29, 1.82) is 0 Å². The van der Waals surface area contributed by atoms with Crippen molar-refractivity contribution < 1.29 is 36.6 Å². The van der Waals surface area contributed by atoms with E-state index in [9.17, 15) is 27.2 Å². The van der Waals surface area contributed by atoms with Gasteiger partial charge in [0.25, 0.3) is 11.8 Å². The fourth-order valence-electron chi connectivity index (χ4n) is 2.98. The summed E-state index contributed by atoms with van der Waals surface area (Å²) in [4.78, 5) is 24.2. The first-order chi connectivity index (χ1) is 17.6. The van der Waals surface area contributed by atoms with E-state index in [1.54, 1.807) is 0 Å². The lowest BCUT2D eigenvalue weighted by atomic mass is 10.2. The molecule has 0 radical (unpaired) electrons. The van der Waals surface area contributed by atoms with Crippen LogP contribution < -0.4 is 15.4 Å². The van der Waals surface area contributed by atoms with Gasteiger partial charge in [-0.05, 0) is 24.1 Å². The van der Waals surface area contributed by atoms with Crippen LogP contribution in [0.25, 0.3) is 0 Å². The van der Waals surface area contributed by atoms with Crippen LogP contribution in [0.2, 0.25) is 0 Å². The number of nitrogens with one attached hydrogen (secondary N) is 2. The van der Waals surface area contributed by atoms with Crippen LogP contribution in [-0.2, 0) is 24.2 Å². The molecule has 16 heteroatoms.